The minimum Gasteiger partial charge on any atom is -0.389 e. The highest BCUT2D eigenvalue weighted by Gasteiger charge is 2.33. The summed E-state index contributed by atoms with van der Waals surface area (Å²) in [5.74, 6) is 0.260. The van der Waals surface area contributed by atoms with Crippen LogP contribution >= 0.6 is 0 Å². The standard InChI is InChI=1S/C15H18N2O2/c1-17-14-5-3-2-4-12(14)13(16-17)10-15(19)8-6-11(18)7-9-15/h2-5,19H,6-10H2,1H3. The van der Waals surface area contributed by atoms with E-state index in [0.29, 0.717) is 32.1 Å². The quantitative estimate of drug-likeness (QED) is 0.896. The van der Waals surface area contributed by atoms with E-state index < -0.39 is 5.60 Å². The number of benzene rings is 1. The molecule has 1 fully saturated rings. The van der Waals surface area contributed by atoms with Crippen LogP contribution in [-0.4, -0.2) is 26.3 Å². The van der Waals surface area contributed by atoms with Crippen molar-refractivity contribution in [3.05, 3.63) is 30.0 Å². The summed E-state index contributed by atoms with van der Waals surface area (Å²) in [6.45, 7) is 0. The first-order valence-corrected chi connectivity index (χ1v) is 6.72. The van der Waals surface area contributed by atoms with Gasteiger partial charge in [0.15, 0.2) is 0 Å². The van der Waals surface area contributed by atoms with Gasteiger partial charge in [-0.15, -0.1) is 0 Å². The summed E-state index contributed by atoms with van der Waals surface area (Å²) >= 11 is 0. The van der Waals surface area contributed by atoms with Crippen molar-refractivity contribution in [2.24, 2.45) is 7.05 Å². The van der Waals surface area contributed by atoms with E-state index in [1.165, 1.54) is 0 Å². The Morgan fingerprint density at radius 3 is 2.74 bits per heavy atom. The Hall–Kier alpha value is -1.68. The molecule has 1 aromatic heterocycles. The van der Waals surface area contributed by atoms with Gasteiger partial charge >= 0.3 is 0 Å². The lowest BCUT2D eigenvalue weighted by molar-refractivity contribution is -0.125. The van der Waals surface area contributed by atoms with Gasteiger partial charge < -0.3 is 5.11 Å². The smallest absolute Gasteiger partial charge is 0.133 e. The lowest BCUT2D eigenvalue weighted by Gasteiger charge is -2.30. The minimum absolute atomic E-state index is 0.260. The van der Waals surface area contributed by atoms with Gasteiger partial charge in [-0.3, -0.25) is 9.48 Å². The van der Waals surface area contributed by atoms with Crippen LogP contribution in [0.4, 0.5) is 0 Å². The van der Waals surface area contributed by atoms with Gasteiger partial charge in [-0.2, -0.15) is 5.10 Å². The molecule has 1 saturated carbocycles. The van der Waals surface area contributed by atoms with Crippen molar-refractivity contribution < 1.29 is 9.90 Å². The second-order valence-electron chi connectivity index (χ2n) is 5.53. The Kier molecular flexibility index (Phi) is 2.90. The summed E-state index contributed by atoms with van der Waals surface area (Å²) in [4.78, 5) is 11.3. The number of carbonyl (C=O) groups excluding carboxylic acids is 1. The minimum atomic E-state index is -0.773. The fraction of sp³-hybridized carbons (Fsp3) is 0.467. The summed E-state index contributed by atoms with van der Waals surface area (Å²) in [6, 6.07) is 8.04. The molecule has 0 unspecified atom stereocenters. The van der Waals surface area contributed by atoms with Crippen LogP contribution in [0.2, 0.25) is 0 Å². The third kappa shape index (κ3) is 2.28. The summed E-state index contributed by atoms with van der Waals surface area (Å²) < 4.78 is 1.85. The van der Waals surface area contributed by atoms with Gasteiger partial charge in [-0.25, -0.2) is 0 Å². The van der Waals surface area contributed by atoms with Gasteiger partial charge in [0.2, 0.25) is 0 Å². The molecule has 1 N–H and O–H groups in total. The number of hydrogen-bond acceptors (Lipinski definition) is 3. The predicted octanol–water partition coefficient (Wildman–Crippen LogP) is 1.99. The largest absolute Gasteiger partial charge is 0.389 e. The van der Waals surface area contributed by atoms with E-state index in [1.807, 2.05) is 36.0 Å². The molecule has 1 heterocycles. The number of rotatable bonds is 2. The molecule has 2 aromatic rings. The second-order valence-corrected chi connectivity index (χ2v) is 5.53. The fourth-order valence-corrected chi connectivity index (χ4v) is 2.90. The van der Waals surface area contributed by atoms with Crippen molar-refractivity contribution in [2.75, 3.05) is 0 Å². The lowest BCUT2D eigenvalue weighted by Crippen LogP contribution is -2.36. The number of ketones is 1. The van der Waals surface area contributed by atoms with E-state index in [-0.39, 0.29) is 5.78 Å². The summed E-state index contributed by atoms with van der Waals surface area (Å²) in [6.07, 6.45) is 2.61. The molecule has 0 spiro atoms. The molecule has 0 aliphatic heterocycles. The first-order valence-electron chi connectivity index (χ1n) is 6.72. The van der Waals surface area contributed by atoms with Crippen molar-refractivity contribution in [2.45, 2.75) is 37.7 Å². The van der Waals surface area contributed by atoms with Crippen LogP contribution in [0.5, 0.6) is 0 Å². The molecule has 0 bridgehead atoms. The number of fused-ring (bicyclic) bond motifs is 1. The van der Waals surface area contributed by atoms with Crippen LogP contribution in [0.25, 0.3) is 10.9 Å². The number of aliphatic hydroxyl groups is 1. The number of nitrogens with zero attached hydrogens (tertiary/aromatic N) is 2. The molecular weight excluding hydrogens is 240 g/mol. The number of aryl methyl sites for hydroxylation is 1. The summed E-state index contributed by atoms with van der Waals surface area (Å²) in [7, 11) is 1.92. The van der Waals surface area contributed by atoms with Crippen LogP contribution in [0, 0.1) is 0 Å². The second kappa shape index (κ2) is 4.46. The molecule has 0 atom stereocenters. The Morgan fingerprint density at radius 1 is 1.32 bits per heavy atom. The van der Waals surface area contributed by atoms with E-state index in [9.17, 15) is 9.90 Å². The van der Waals surface area contributed by atoms with Gasteiger partial charge in [0, 0.05) is 31.7 Å². The Morgan fingerprint density at radius 2 is 2.00 bits per heavy atom. The summed E-state index contributed by atoms with van der Waals surface area (Å²) in [5, 5.41) is 16.2. The molecule has 0 saturated heterocycles. The van der Waals surface area contributed by atoms with Crippen LogP contribution in [0.1, 0.15) is 31.4 Å². The van der Waals surface area contributed by atoms with Gasteiger partial charge in [0.05, 0.1) is 16.8 Å². The summed E-state index contributed by atoms with van der Waals surface area (Å²) in [5.41, 5.74) is 1.23. The van der Waals surface area contributed by atoms with Crippen LogP contribution < -0.4 is 0 Å². The molecule has 4 heteroatoms. The Balaban J connectivity index is 1.91. The average molecular weight is 258 g/mol. The van der Waals surface area contributed by atoms with E-state index in [0.717, 1.165) is 16.6 Å². The molecule has 4 nitrogen and oxygen atoms in total. The topological polar surface area (TPSA) is 55.1 Å². The first-order chi connectivity index (χ1) is 9.07. The molecule has 3 rings (SSSR count). The van der Waals surface area contributed by atoms with E-state index in [4.69, 9.17) is 0 Å². The van der Waals surface area contributed by atoms with Crippen molar-refractivity contribution in [1.82, 2.24) is 9.78 Å². The van der Waals surface area contributed by atoms with Crippen LogP contribution in [0.15, 0.2) is 24.3 Å². The zero-order valence-electron chi connectivity index (χ0n) is 11.1. The van der Waals surface area contributed by atoms with Crippen molar-refractivity contribution in [1.29, 1.82) is 0 Å². The number of para-hydroxylation sites is 1. The molecular formula is C15H18N2O2. The van der Waals surface area contributed by atoms with Crippen molar-refractivity contribution >= 4 is 16.7 Å². The highest BCUT2D eigenvalue weighted by Crippen LogP contribution is 2.31. The SMILES string of the molecule is Cn1nc(CC2(O)CCC(=O)CC2)c2ccccc21. The number of Topliss-reactive ketones (excluding diaryl/α,β-unsaturated/α-hetero) is 1. The maximum atomic E-state index is 11.3. The normalized spacial score (nSPS) is 18.9. The Bertz CT molecular complexity index is 620. The van der Waals surface area contributed by atoms with Gasteiger partial charge in [0.25, 0.3) is 0 Å². The van der Waals surface area contributed by atoms with E-state index in [2.05, 4.69) is 5.10 Å². The monoisotopic (exact) mass is 258 g/mol. The Labute approximate surface area is 112 Å². The van der Waals surface area contributed by atoms with E-state index in [1.54, 1.807) is 0 Å². The third-order valence-electron chi connectivity index (χ3n) is 4.07. The van der Waals surface area contributed by atoms with Gasteiger partial charge in [-0.1, -0.05) is 18.2 Å². The predicted molar refractivity (Wildman–Crippen MR) is 72.8 cm³/mol. The molecule has 100 valence electrons. The molecule has 0 amide bonds. The zero-order chi connectivity index (χ0) is 13.5. The van der Waals surface area contributed by atoms with Crippen molar-refractivity contribution in [3.8, 4) is 0 Å². The maximum Gasteiger partial charge on any atom is 0.133 e. The maximum absolute atomic E-state index is 11.3. The zero-order valence-corrected chi connectivity index (χ0v) is 11.1. The number of hydrogen-bond donors (Lipinski definition) is 1. The number of carbonyl (C=O) groups is 1. The molecule has 1 aromatic carbocycles. The van der Waals surface area contributed by atoms with Gasteiger partial charge in [-0.05, 0) is 18.9 Å². The van der Waals surface area contributed by atoms with Crippen molar-refractivity contribution in [3.63, 3.8) is 0 Å². The van der Waals surface area contributed by atoms with E-state index >= 15 is 0 Å². The highest BCUT2D eigenvalue weighted by atomic mass is 16.3. The lowest BCUT2D eigenvalue weighted by atomic mass is 9.81. The first kappa shape index (κ1) is 12.4. The highest BCUT2D eigenvalue weighted by molar-refractivity contribution is 5.82. The molecule has 1 aliphatic carbocycles. The third-order valence-corrected chi connectivity index (χ3v) is 4.07. The average Bonchev–Trinajstić information content (AvgIpc) is 2.71. The molecule has 1 aliphatic rings. The molecule has 0 radical (unpaired) electrons. The fourth-order valence-electron chi connectivity index (χ4n) is 2.90. The number of aromatic nitrogens is 2. The molecule has 19 heavy (non-hydrogen) atoms. The van der Waals surface area contributed by atoms with Crippen LogP contribution in [-0.2, 0) is 18.3 Å². The van der Waals surface area contributed by atoms with Crippen LogP contribution in [0.3, 0.4) is 0 Å². The van der Waals surface area contributed by atoms with Gasteiger partial charge in [0.1, 0.15) is 5.78 Å².